The first-order valence-corrected chi connectivity index (χ1v) is 14.1. The van der Waals surface area contributed by atoms with Crippen LogP contribution in [-0.4, -0.2) is 34.6 Å². The van der Waals surface area contributed by atoms with Gasteiger partial charge in [0.15, 0.2) is 6.61 Å². The molecule has 2 aliphatic rings. The number of nitrogens with one attached hydrogen (secondary N) is 2. The first-order valence-electron chi connectivity index (χ1n) is 12.4. The second-order valence-electron chi connectivity index (χ2n) is 9.48. The molecule has 3 aromatic carbocycles. The number of imide groups is 1. The monoisotopic (exact) mass is 575 g/mol. The van der Waals surface area contributed by atoms with E-state index in [1.54, 1.807) is 30.3 Å². The van der Waals surface area contributed by atoms with Crippen molar-refractivity contribution in [2.24, 2.45) is 5.92 Å². The third-order valence-electron chi connectivity index (χ3n) is 6.82. The highest BCUT2D eigenvalue weighted by Crippen LogP contribution is 2.54. The van der Waals surface area contributed by atoms with Gasteiger partial charge in [0.25, 0.3) is 5.91 Å². The highest BCUT2D eigenvalue weighted by atomic mass is 32.2. The van der Waals surface area contributed by atoms with E-state index in [-0.39, 0.29) is 23.1 Å². The molecule has 11 heteroatoms. The smallest absolute Gasteiger partial charge is 0.305 e. The molecule has 2 aliphatic heterocycles. The maximum absolute atomic E-state index is 13.9. The maximum Gasteiger partial charge on any atom is 0.305 e. The number of hydrogen-bond acceptors (Lipinski definition) is 7. The van der Waals surface area contributed by atoms with Gasteiger partial charge in [-0.05, 0) is 55.0 Å². The normalized spacial score (nSPS) is 19.8. The number of ether oxygens (including phenoxy) is 1. The van der Waals surface area contributed by atoms with Gasteiger partial charge < -0.3 is 15.0 Å². The van der Waals surface area contributed by atoms with Crippen LogP contribution in [0.25, 0.3) is 0 Å². The largest absolute Gasteiger partial charge is 0.483 e. The number of thioether (sulfide) groups is 1. The molecule has 3 atom stereocenters. The number of aromatic nitrogens is 1. The van der Waals surface area contributed by atoms with Crippen molar-refractivity contribution >= 4 is 52.2 Å². The molecule has 2 N–H and O–H groups in total. The predicted molar refractivity (Wildman–Crippen MR) is 151 cm³/mol. The third-order valence-corrected chi connectivity index (χ3v) is 9.22. The molecule has 0 radical (unpaired) electrons. The van der Waals surface area contributed by atoms with Gasteiger partial charge in [-0.1, -0.05) is 53.4 Å². The summed E-state index contributed by atoms with van der Waals surface area (Å²) in [6.45, 7) is 1.64. The SMILES string of the molecule is Cc1cccc(NC(=O)COc2ccccc2[C@H]2c3sc(=O)[nH]c3SC3C(=O)N(c4ccc(F)cc4)C(=O)C32)c1. The van der Waals surface area contributed by atoms with E-state index in [1.165, 1.54) is 24.3 Å². The quantitative estimate of drug-likeness (QED) is 0.323. The molecule has 1 fully saturated rings. The number of aryl methyl sites for hydroxylation is 1. The molecule has 1 aromatic heterocycles. The van der Waals surface area contributed by atoms with E-state index >= 15 is 0 Å². The Balaban J connectivity index is 1.34. The minimum atomic E-state index is -0.840. The number of anilines is 2. The fraction of sp³-hybridized carbons (Fsp3) is 0.172. The topological polar surface area (TPSA) is 109 Å². The zero-order valence-electron chi connectivity index (χ0n) is 21.1. The van der Waals surface area contributed by atoms with Crippen molar-refractivity contribution in [1.29, 1.82) is 0 Å². The highest BCUT2D eigenvalue weighted by molar-refractivity contribution is 8.00. The Morgan fingerprint density at radius 2 is 1.80 bits per heavy atom. The molecule has 0 spiro atoms. The van der Waals surface area contributed by atoms with Gasteiger partial charge in [-0.3, -0.25) is 19.2 Å². The summed E-state index contributed by atoms with van der Waals surface area (Å²) >= 11 is 2.13. The van der Waals surface area contributed by atoms with Crippen LogP contribution in [0.5, 0.6) is 5.75 Å². The number of carbonyl (C=O) groups is 3. The lowest BCUT2D eigenvalue weighted by Gasteiger charge is -2.30. The van der Waals surface area contributed by atoms with E-state index in [4.69, 9.17) is 4.74 Å². The van der Waals surface area contributed by atoms with Crippen LogP contribution in [0.3, 0.4) is 0 Å². The summed E-state index contributed by atoms with van der Waals surface area (Å²) in [5, 5.41) is 2.52. The van der Waals surface area contributed by atoms with Gasteiger partial charge in [-0.2, -0.15) is 0 Å². The lowest BCUT2D eigenvalue weighted by Crippen LogP contribution is -2.32. The van der Waals surface area contributed by atoms with Crippen molar-refractivity contribution in [3.05, 3.63) is 104 Å². The fourth-order valence-corrected chi connectivity index (χ4v) is 7.63. The summed E-state index contributed by atoms with van der Waals surface area (Å²) in [7, 11) is 0. The van der Waals surface area contributed by atoms with E-state index in [1.807, 2.05) is 25.1 Å². The molecule has 1 saturated heterocycles. The van der Waals surface area contributed by atoms with Gasteiger partial charge in [-0.15, -0.1) is 0 Å². The van der Waals surface area contributed by atoms with Crippen LogP contribution in [0.4, 0.5) is 15.8 Å². The minimum Gasteiger partial charge on any atom is -0.483 e. The standard InChI is InChI=1S/C29H22FN3O5S2/c1-15-5-4-6-17(13-15)31-21(34)14-38-20-8-3-2-7-19(20)22-23-25(39-26-24(22)40-29(37)32-26)28(36)33(27(23)35)18-11-9-16(30)10-12-18/h2-13,22-23,25H,14H2,1H3,(H,31,34)(H,32,37)/t22-,23?,25?/m1/s1. The zero-order chi connectivity index (χ0) is 28.0. The number of carbonyl (C=O) groups excluding carboxylic acids is 3. The fourth-order valence-electron chi connectivity index (χ4n) is 5.13. The van der Waals surface area contributed by atoms with E-state index in [2.05, 4.69) is 10.3 Å². The van der Waals surface area contributed by atoms with Gasteiger partial charge in [0.1, 0.15) is 16.8 Å². The number of benzene rings is 3. The Kier molecular flexibility index (Phi) is 6.77. The Labute approximate surface area is 236 Å². The van der Waals surface area contributed by atoms with E-state index in [0.717, 1.165) is 33.6 Å². The van der Waals surface area contributed by atoms with Gasteiger partial charge in [0.2, 0.25) is 11.8 Å². The van der Waals surface area contributed by atoms with Crippen molar-refractivity contribution in [2.75, 3.05) is 16.8 Å². The number of para-hydroxylation sites is 1. The van der Waals surface area contributed by atoms with Gasteiger partial charge in [0.05, 0.1) is 16.6 Å². The molecular formula is C29H22FN3O5S2. The molecule has 8 nitrogen and oxygen atoms in total. The number of nitrogens with zero attached hydrogens (tertiary/aromatic N) is 1. The Morgan fingerprint density at radius 3 is 2.58 bits per heavy atom. The zero-order valence-corrected chi connectivity index (χ0v) is 22.7. The van der Waals surface area contributed by atoms with Crippen LogP contribution in [0.15, 0.2) is 82.6 Å². The van der Waals surface area contributed by atoms with Gasteiger partial charge in [-0.25, -0.2) is 9.29 Å². The lowest BCUT2D eigenvalue weighted by molar-refractivity contribution is -0.122. The summed E-state index contributed by atoms with van der Waals surface area (Å²) < 4.78 is 19.5. The number of rotatable bonds is 6. The van der Waals surface area contributed by atoms with Crippen LogP contribution in [0.1, 0.15) is 21.9 Å². The number of hydrogen-bond donors (Lipinski definition) is 2. The molecule has 40 heavy (non-hydrogen) atoms. The van der Waals surface area contributed by atoms with Crippen molar-refractivity contribution in [3.63, 3.8) is 0 Å². The molecule has 0 bridgehead atoms. The van der Waals surface area contributed by atoms with Crippen LogP contribution >= 0.6 is 23.1 Å². The average Bonchev–Trinajstić information content (AvgIpc) is 3.42. The lowest BCUT2D eigenvalue weighted by atomic mass is 9.82. The Bertz CT molecular complexity index is 1700. The third kappa shape index (κ3) is 4.71. The molecule has 2 unspecified atom stereocenters. The van der Waals surface area contributed by atoms with Crippen molar-refractivity contribution in [1.82, 2.24) is 4.98 Å². The van der Waals surface area contributed by atoms with Crippen LogP contribution in [-0.2, 0) is 14.4 Å². The summed E-state index contributed by atoms with van der Waals surface area (Å²) in [6, 6.07) is 19.6. The van der Waals surface area contributed by atoms with Gasteiger partial charge in [0, 0.05) is 22.0 Å². The molecule has 0 aliphatic carbocycles. The summed E-state index contributed by atoms with van der Waals surface area (Å²) in [5.41, 5.74) is 2.51. The number of halogens is 1. The van der Waals surface area contributed by atoms with Gasteiger partial charge >= 0.3 is 4.87 Å². The molecule has 0 saturated carbocycles. The van der Waals surface area contributed by atoms with Crippen molar-refractivity contribution < 1.29 is 23.5 Å². The Hall–Kier alpha value is -4.22. The molecule has 3 amide bonds. The first-order chi connectivity index (χ1) is 19.3. The summed E-state index contributed by atoms with van der Waals surface area (Å²) in [4.78, 5) is 56.7. The maximum atomic E-state index is 13.9. The molecule has 6 rings (SSSR count). The van der Waals surface area contributed by atoms with Crippen LogP contribution in [0, 0.1) is 18.7 Å². The molecular weight excluding hydrogens is 553 g/mol. The number of thiazole rings is 1. The number of aromatic amines is 1. The molecule has 4 aromatic rings. The second-order valence-corrected chi connectivity index (χ2v) is 11.6. The van der Waals surface area contributed by atoms with Crippen LogP contribution < -0.4 is 19.8 Å². The summed E-state index contributed by atoms with van der Waals surface area (Å²) in [5.74, 6) is -2.88. The average molecular weight is 576 g/mol. The summed E-state index contributed by atoms with van der Waals surface area (Å²) in [6.07, 6.45) is 0. The van der Waals surface area contributed by atoms with Crippen LogP contribution in [0.2, 0.25) is 0 Å². The highest BCUT2D eigenvalue weighted by Gasteiger charge is 2.56. The predicted octanol–water partition coefficient (Wildman–Crippen LogP) is 4.70. The first kappa shape index (κ1) is 26.0. The number of fused-ring (bicyclic) bond motifs is 2. The minimum absolute atomic E-state index is 0.277. The van der Waals surface area contributed by atoms with Crippen molar-refractivity contribution in [2.45, 2.75) is 23.1 Å². The van der Waals surface area contributed by atoms with E-state index in [9.17, 15) is 23.6 Å². The molecule has 202 valence electrons. The number of amides is 3. The Morgan fingerprint density at radius 1 is 1.02 bits per heavy atom. The molecule has 3 heterocycles. The van der Waals surface area contributed by atoms with Crippen molar-refractivity contribution in [3.8, 4) is 5.75 Å². The van der Waals surface area contributed by atoms with E-state index < -0.39 is 34.7 Å². The second kappa shape index (κ2) is 10.4. The van der Waals surface area contributed by atoms with E-state index in [0.29, 0.717) is 26.9 Å². The number of H-pyrrole nitrogens is 1.